The van der Waals surface area contributed by atoms with Crippen LogP contribution >= 0.6 is 0 Å². The standard InChI is InChI=1S/C17H19F2NO/c1-10-5-8-16(11(2)17(10)21-4)20-12(3)14-7-6-13(18)9-15(14)19/h5-9,12,20H,1-4H3. The van der Waals surface area contributed by atoms with Gasteiger partial charge in [0.25, 0.3) is 0 Å². The average Bonchev–Trinajstić information content (AvgIpc) is 2.42. The van der Waals surface area contributed by atoms with Gasteiger partial charge >= 0.3 is 0 Å². The summed E-state index contributed by atoms with van der Waals surface area (Å²) in [6.45, 7) is 5.75. The zero-order chi connectivity index (χ0) is 15.6. The van der Waals surface area contributed by atoms with E-state index in [1.807, 2.05) is 32.9 Å². The van der Waals surface area contributed by atoms with Crippen molar-refractivity contribution in [2.24, 2.45) is 0 Å². The Bertz CT molecular complexity index is 655. The zero-order valence-electron chi connectivity index (χ0n) is 12.6. The number of anilines is 1. The highest BCUT2D eigenvalue weighted by Crippen LogP contribution is 2.31. The van der Waals surface area contributed by atoms with E-state index in [2.05, 4.69) is 5.32 Å². The number of hydrogen-bond acceptors (Lipinski definition) is 2. The molecule has 112 valence electrons. The van der Waals surface area contributed by atoms with Crippen molar-refractivity contribution in [1.29, 1.82) is 0 Å². The zero-order valence-corrected chi connectivity index (χ0v) is 12.6. The molecule has 2 aromatic rings. The van der Waals surface area contributed by atoms with E-state index in [0.29, 0.717) is 5.56 Å². The summed E-state index contributed by atoms with van der Waals surface area (Å²) in [4.78, 5) is 0. The minimum Gasteiger partial charge on any atom is -0.496 e. The van der Waals surface area contributed by atoms with Crippen LogP contribution in [0.4, 0.5) is 14.5 Å². The first kappa shape index (κ1) is 15.3. The highest BCUT2D eigenvalue weighted by Gasteiger charge is 2.14. The smallest absolute Gasteiger partial charge is 0.131 e. The van der Waals surface area contributed by atoms with Crippen molar-refractivity contribution in [3.8, 4) is 5.75 Å². The van der Waals surface area contributed by atoms with Gasteiger partial charge in [-0.3, -0.25) is 0 Å². The van der Waals surface area contributed by atoms with E-state index in [-0.39, 0.29) is 6.04 Å². The number of hydrogen-bond donors (Lipinski definition) is 1. The van der Waals surface area contributed by atoms with Gasteiger partial charge in [0.05, 0.1) is 13.2 Å². The fraction of sp³-hybridized carbons (Fsp3) is 0.294. The number of nitrogens with one attached hydrogen (secondary N) is 1. The monoisotopic (exact) mass is 291 g/mol. The lowest BCUT2D eigenvalue weighted by atomic mass is 10.0. The van der Waals surface area contributed by atoms with Gasteiger partial charge in [0.2, 0.25) is 0 Å². The number of halogens is 2. The van der Waals surface area contributed by atoms with Crippen LogP contribution in [-0.4, -0.2) is 7.11 Å². The highest BCUT2D eigenvalue weighted by atomic mass is 19.1. The molecule has 0 aliphatic carbocycles. The molecule has 0 bridgehead atoms. The maximum atomic E-state index is 13.8. The minimum atomic E-state index is -0.573. The third-order valence-corrected chi connectivity index (χ3v) is 3.61. The van der Waals surface area contributed by atoms with Crippen molar-refractivity contribution < 1.29 is 13.5 Å². The van der Waals surface area contributed by atoms with E-state index in [4.69, 9.17) is 4.74 Å². The first-order valence-electron chi connectivity index (χ1n) is 6.79. The summed E-state index contributed by atoms with van der Waals surface area (Å²) in [5.74, 6) is -0.310. The van der Waals surface area contributed by atoms with Crippen LogP contribution in [0.15, 0.2) is 30.3 Å². The topological polar surface area (TPSA) is 21.3 Å². The van der Waals surface area contributed by atoms with Crippen LogP contribution in [-0.2, 0) is 0 Å². The van der Waals surface area contributed by atoms with Crippen molar-refractivity contribution in [3.63, 3.8) is 0 Å². The molecule has 1 N–H and O–H groups in total. The van der Waals surface area contributed by atoms with Gasteiger partial charge in [-0.05, 0) is 38.5 Å². The van der Waals surface area contributed by atoms with Crippen molar-refractivity contribution in [3.05, 3.63) is 58.7 Å². The second-order valence-electron chi connectivity index (χ2n) is 5.12. The number of benzene rings is 2. The molecule has 0 amide bonds. The van der Waals surface area contributed by atoms with Crippen LogP contribution < -0.4 is 10.1 Å². The molecular formula is C17H19F2NO. The third kappa shape index (κ3) is 3.15. The number of ether oxygens (including phenoxy) is 1. The lowest BCUT2D eigenvalue weighted by molar-refractivity contribution is 0.409. The molecule has 2 nitrogen and oxygen atoms in total. The normalized spacial score (nSPS) is 12.1. The summed E-state index contributed by atoms with van der Waals surface area (Å²) in [5.41, 5.74) is 3.30. The van der Waals surface area contributed by atoms with E-state index >= 15 is 0 Å². The molecule has 0 heterocycles. The van der Waals surface area contributed by atoms with Gasteiger partial charge in [-0.1, -0.05) is 12.1 Å². The number of methoxy groups -OCH3 is 1. The van der Waals surface area contributed by atoms with E-state index in [1.165, 1.54) is 12.1 Å². The van der Waals surface area contributed by atoms with E-state index in [0.717, 1.165) is 28.6 Å². The Balaban J connectivity index is 2.29. The fourth-order valence-corrected chi connectivity index (χ4v) is 2.46. The van der Waals surface area contributed by atoms with Gasteiger partial charge in [0.1, 0.15) is 17.4 Å². The molecule has 0 saturated carbocycles. The van der Waals surface area contributed by atoms with E-state index in [9.17, 15) is 8.78 Å². The molecule has 0 aromatic heterocycles. The Morgan fingerprint density at radius 2 is 1.81 bits per heavy atom. The van der Waals surface area contributed by atoms with Crippen LogP contribution in [0.25, 0.3) is 0 Å². The molecule has 1 unspecified atom stereocenters. The molecule has 4 heteroatoms. The summed E-state index contributed by atoms with van der Waals surface area (Å²) in [5, 5.41) is 3.25. The second-order valence-corrected chi connectivity index (χ2v) is 5.12. The van der Waals surface area contributed by atoms with Crippen LogP contribution in [0.3, 0.4) is 0 Å². The summed E-state index contributed by atoms with van der Waals surface area (Å²) in [7, 11) is 1.63. The van der Waals surface area contributed by atoms with Gasteiger partial charge in [-0.15, -0.1) is 0 Å². The molecule has 2 aromatic carbocycles. The van der Waals surface area contributed by atoms with Crippen molar-refractivity contribution >= 4 is 5.69 Å². The lowest BCUT2D eigenvalue weighted by Gasteiger charge is -2.20. The van der Waals surface area contributed by atoms with Gasteiger partial charge in [-0.25, -0.2) is 8.78 Å². The van der Waals surface area contributed by atoms with Gasteiger partial charge in [0.15, 0.2) is 0 Å². The first-order chi connectivity index (χ1) is 9.93. The summed E-state index contributed by atoms with van der Waals surface area (Å²) >= 11 is 0. The fourth-order valence-electron chi connectivity index (χ4n) is 2.46. The van der Waals surface area contributed by atoms with Gasteiger partial charge in [-0.2, -0.15) is 0 Å². The molecule has 0 radical (unpaired) electrons. The molecule has 0 fully saturated rings. The van der Waals surface area contributed by atoms with Crippen LogP contribution in [0.5, 0.6) is 5.75 Å². The van der Waals surface area contributed by atoms with Crippen LogP contribution in [0.1, 0.15) is 29.7 Å². The van der Waals surface area contributed by atoms with Crippen LogP contribution in [0.2, 0.25) is 0 Å². The quantitative estimate of drug-likeness (QED) is 0.876. The van der Waals surface area contributed by atoms with Gasteiger partial charge in [0, 0.05) is 22.9 Å². The number of aryl methyl sites for hydroxylation is 1. The van der Waals surface area contributed by atoms with E-state index < -0.39 is 11.6 Å². The summed E-state index contributed by atoms with van der Waals surface area (Å²) in [6, 6.07) is 7.22. The van der Waals surface area contributed by atoms with Crippen molar-refractivity contribution in [2.45, 2.75) is 26.8 Å². The predicted octanol–water partition coefficient (Wildman–Crippen LogP) is 4.76. The molecular weight excluding hydrogens is 272 g/mol. The SMILES string of the molecule is COc1c(C)ccc(NC(C)c2ccc(F)cc2F)c1C. The lowest BCUT2D eigenvalue weighted by Crippen LogP contribution is -2.10. The number of rotatable bonds is 4. The summed E-state index contributed by atoms with van der Waals surface area (Å²) in [6.07, 6.45) is 0. The Morgan fingerprint density at radius 3 is 2.43 bits per heavy atom. The summed E-state index contributed by atoms with van der Waals surface area (Å²) < 4.78 is 32.2. The Morgan fingerprint density at radius 1 is 1.10 bits per heavy atom. The van der Waals surface area contributed by atoms with Crippen molar-refractivity contribution in [1.82, 2.24) is 0 Å². The first-order valence-corrected chi connectivity index (χ1v) is 6.79. The Hall–Kier alpha value is -2.10. The van der Waals surface area contributed by atoms with E-state index in [1.54, 1.807) is 7.11 Å². The maximum Gasteiger partial charge on any atom is 0.131 e. The second kappa shape index (κ2) is 6.12. The Kier molecular flexibility index (Phi) is 4.46. The van der Waals surface area contributed by atoms with Crippen molar-refractivity contribution in [2.75, 3.05) is 12.4 Å². The minimum absolute atomic E-state index is 0.281. The largest absolute Gasteiger partial charge is 0.496 e. The Labute approximate surface area is 123 Å². The molecule has 0 saturated heterocycles. The third-order valence-electron chi connectivity index (χ3n) is 3.61. The average molecular weight is 291 g/mol. The predicted molar refractivity (Wildman–Crippen MR) is 80.9 cm³/mol. The molecule has 0 aliphatic rings. The molecule has 21 heavy (non-hydrogen) atoms. The van der Waals surface area contributed by atoms with Crippen LogP contribution in [0, 0.1) is 25.5 Å². The van der Waals surface area contributed by atoms with Gasteiger partial charge < -0.3 is 10.1 Å². The molecule has 2 rings (SSSR count). The maximum absolute atomic E-state index is 13.8. The molecule has 0 spiro atoms. The molecule has 0 aliphatic heterocycles. The molecule has 1 atom stereocenters. The highest BCUT2D eigenvalue weighted by molar-refractivity contribution is 5.60.